The molecule has 0 N–H and O–H groups in total. The van der Waals surface area contributed by atoms with Crippen molar-refractivity contribution in [2.75, 3.05) is 0 Å². The lowest BCUT2D eigenvalue weighted by molar-refractivity contribution is 0.0798. The lowest BCUT2D eigenvalue weighted by atomic mass is 9.60. The molecule has 2 aromatic rings. The summed E-state index contributed by atoms with van der Waals surface area (Å²) in [7, 11) is 1.88. The van der Waals surface area contributed by atoms with E-state index >= 15 is 0 Å². The molecule has 1 heterocycles. The quantitative estimate of drug-likeness (QED) is 0.539. The van der Waals surface area contributed by atoms with Crippen molar-refractivity contribution in [3.05, 3.63) is 66.8 Å². The number of nitrogens with zero attached hydrogens (tertiary/aromatic N) is 2. The SMILES string of the molecule is C=CC(C)(C1CCCCC1)C(C(=O)c1nccn1C)c1ccccc1. The number of aryl methyl sites for hydroxylation is 1. The molecule has 1 aromatic carbocycles. The van der Waals surface area contributed by atoms with Crippen LogP contribution in [0, 0.1) is 11.3 Å². The third-order valence-electron chi connectivity index (χ3n) is 5.98. The molecule has 3 heteroatoms. The molecule has 1 aliphatic carbocycles. The standard InChI is InChI=1S/C22H28N2O/c1-4-22(2,18-13-9-6-10-14-18)19(17-11-7-5-8-12-17)20(25)21-23-15-16-24(21)3/h4-5,7-8,11-12,15-16,18-19H,1,6,9-10,13-14H2,2-3H3. The largest absolute Gasteiger partial charge is 0.332 e. The summed E-state index contributed by atoms with van der Waals surface area (Å²) in [5.41, 5.74) is 0.786. The number of imidazole rings is 1. The van der Waals surface area contributed by atoms with Gasteiger partial charge in [-0.25, -0.2) is 4.98 Å². The van der Waals surface area contributed by atoms with Gasteiger partial charge in [-0.2, -0.15) is 0 Å². The van der Waals surface area contributed by atoms with Crippen LogP contribution in [0.3, 0.4) is 0 Å². The average Bonchev–Trinajstić information content (AvgIpc) is 3.09. The molecule has 0 aliphatic heterocycles. The van der Waals surface area contributed by atoms with Crippen LogP contribution in [0.4, 0.5) is 0 Å². The van der Waals surface area contributed by atoms with E-state index in [1.165, 1.54) is 32.1 Å². The van der Waals surface area contributed by atoms with E-state index in [2.05, 4.69) is 30.6 Å². The first kappa shape index (κ1) is 17.7. The summed E-state index contributed by atoms with van der Waals surface area (Å²) in [6.45, 7) is 6.38. The molecule has 0 spiro atoms. The Labute approximate surface area is 150 Å². The van der Waals surface area contributed by atoms with E-state index < -0.39 is 0 Å². The molecule has 0 bridgehead atoms. The molecular formula is C22H28N2O. The first-order chi connectivity index (χ1) is 12.1. The summed E-state index contributed by atoms with van der Waals surface area (Å²) in [4.78, 5) is 17.9. The van der Waals surface area contributed by atoms with Crippen LogP contribution in [0.25, 0.3) is 0 Å². The Kier molecular flexibility index (Phi) is 5.22. The van der Waals surface area contributed by atoms with Gasteiger partial charge < -0.3 is 4.57 Å². The summed E-state index contributed by atoms with van der Waals surface area (Å²) in [5, 5.41) is 0. The van der Waals surface area contributed by atoms with Crippen molar-refractivity contribution in [1.82, 2.24) is 9.55 Å². The second kappa shape index (κ2) is 7.38. The number of Topliss-reactive ketones (excluding diaryl/α,β-unsaturated/α-hetero) is 1. The van der Waals surface area contributed by atoms with E-state index in [0.717, 1.165) is 5.56 Å². The minimum atomic E-state index is -0.273. The fraction of sp³-hybridized carbons (Fsp3) is 0.455. The van der Waals surface area contributed by atoms with Gasteiger partial charge in [0, 0.05) is 24.9 Å². The molecule has 1 saturated carbocycles. The van der Waals surface area contributed by atoms with Crippen molar-refractivity contribution < 1.29 is 4.79 Å². The summed E-state index contributed by atoms with van der Waals surface area (Å²) < 4.78 is 1.82. The van der Waals surface area contributed by atoms with Crippen LogP contribution in [-0.2, 0) is 7.05 Å². The van der Waals surface area contributed by atoms with Crippen LogP contribution in [0.2, 0.25) is 0 Å². The van der Waals surface area contributed by atoms with Gasteiger partial charge in [0.2, 0.25) is 5.78 Å². The zero-order valence-corrected chi connectivity index (χ0v) is 15.3. The number of aromatic nitrogens is 2. The maximum Gasteiger partial charge on any atom is 0.206 e. The summed E-state index contributed by atoms with van der Waals surface area (Å²) in [6, 6.07) is 10.2. The molecule has 1 aromatic heterocycles. The van der Waals surface area contributed by atoms with Gasteiger partial charge in [-0.1, -0.05) is 62.6 Å². The van der Waals surface area contributed by atoms with Crippen LogP contribution in [0.15, 0.2) is 55.4 Å². The Hall–Kier alpha value is -2.16. The Bertz CT molecular complexity index is 727. The van der Waals surface area contributed by atoms with E-state index in [1.807, 2.05) is 42.1 Å². The Morgan fingerprint density at radius 1 is 1.28 bits per heavy atom. The van der Waals surface area contributed by atoms with Crippen molar-refractivity contribution in [3.8, 4) is 0 Å². The monoisotopic (exact) mass is 336 g/mol. The summed E-state index contributed by atoms with van der Waals surface area (Å²) >= 11 is 0. The number of ketones is 1. The summed E-state index contributed by atoms with van der Waals surface area (Å²) in [6.07, 6.45) is 11.7. The summed E-state index contributed by atoms with van der Waals surface area (Å²) in [5.74, 6) is 0.841. The van der Waals surface area contributed by atoms with Gasteiger partial charge in [0.15, 0.2) is 5.82 Å². The van der Waals surface area contributed by atoms with Gasteiger partial charge in [-0.05, 0) is 24.3 Å². The number of hydrogen-bond donors (Lipinski definition) is 0. The molecule has 25 heavy (non-hydrogen) atoms. The smallest absolute Gasteiger partial charge is 0.206 e. The minimum Gasteiger partial charge on any atom is -0.332 e. The van der Waals surface area contributed by atoms with Gasteiger partial charge in [-0.3, -0.25) is 4.79 Å². The van der Waals surface area contributed by atoms with Gasteiger partial charge in [-0.15, -0.1) is 6.58 Å². The molecule has 3 rings (SSSR count). The van der Waals surface area contributed by atoms with Crippen molar-refractivity contribution in [1.29, 1.82) is 0 Å². The Morgan fingerprint density at radius 2 is 1.96 bits per heavy atom. The molecule has 1 fully saturated rings. The molecule has 132 valence electrons. The number of allylic oxidation sites excluding steroid dienone is 1. The predicted octanol–water partition coefficient (Wildman–Crippen LogP) is 5.16. The topological polar surface area (TPSA) is 34.9 Å². The van der Waals surface area contributed by atoms with Crippen LogP contribution >= 0.6 is 0 Å². The number of rotatable bonds is 6. The normalized spacial score (nSPS) is 19.1. The molecule has 0 radical (unpaired) electrons. The fourth-order valence-electron chi connectivity index (χ4n) is 4.42. The number of benzene rings is 1. The maximum atomic E-state index is 13.5. The van der Waals surface area contributed by atoms with Crippen molar-refractivity contribution in [2.24, 2.45) is 18.4 Å². The number of carbonyl (C=O) groups is 1. The molecule has 0 amide bonds. The molecule has 2 unspecified atom stereocenters. The van der Waals surface area contributed by atoms with E-state index in [-0.39, 0.29) is 17.1 Å². The lowest BCUT2D eigenvalue weighted by Gasteiger charge is -2.43. The van der Waals surface area contributed by atoms with Gasteiger partial charge in [0.1, 0.15) is 0 Å². The van der Waals surface area contributed by atoms with E-state index in [0.29, 0.717) is 11.7 Å². The molecule has 3 nitrogen and oxygen atoms in total. The first-order valence-electron chi connectivity index (χ1n) is 9.28. The van der Waals surface area contributed by atoms with Crippen molar-refractivity contribution >= 4 is 5.78 Å². The molecular weight excluding hydrogens is 308 g/mol. The Morgan fingerprint density at radius 3 is 2.52 bits per heavy atom. The maximum absolute atomic E-state index is 13.5. The third kappa shape index (κ3) is 3.33. The second-order valence-electron chi connectivity index (χ2n) is 7.47. The minimum absolute atomic E-state index is 0.0895. The lowest BCUT2D eigenvalue weighted by Crippen LogP contribution is -2.38. The number of carbonyl (C=O) groups excluding carboxylic acids is 1. The zero-order chi connectivity index (χ0) is 17.9. The van der Waals surface area contributed by atoms with Crippen LogP contribution < -0.4 is 0 Å². The highest BCUT2D eigenvalue weighted by Gasteiger charge is 2.44. The average molecular weight is 336 g/mol. The van der Waals surface area contributed by atoms with E-state index in [4.69, 9.17) is 0 Å². The van der Waals surface area contributed by atoms with E-state index in [1.54, 1.807) is 6.20 Å². The van der Waals surface area contributed by atoms with Crippen LogP contribution in [0.1, 0.15) is 61.1 Å². The van der Waals surface area contributed by atoms with Gasteiger partial charge >= 0.3 is 0 Å². The van der Waals surface area contributed by atoms with Crippen LogP contribution in [0.5, 0.6) is 0 Å². The number of hydrogen-bond acceptors (Lipinski definition) is 2. The van der Waals surface area contributed by atoms with Crippen molar-refractivity contribution in [3.63, 3.8) is 0 Å². The fourth-order valence-corrected chi connectivity index (χ4v) is 4.42. The highest BCUT2D eigenvalue weighted by atomic mass is 16.1. The molecule has 2 atom stereocenters. The van der Waals surface area contributed by atoms with Gasteiger partial charge in [0.25, 0.3) is 0 Å². The molecule has 1 aliphatic rings. The predicted molar refractivity (Wildman–Crippen MR) is 102 cm³/mol. The second-order valence-corrected chi connectivity index (χ2v) is 7.47. The Balaban J connectivity index is 2.08. The molecule has 0 saturated heterocycles. The highest BCUT2D eigenvalue weighted by Crippen LogP contribution is 2.49. The van der Waals surface area contributed by atoms with Crippen molar-refractivity contribution in [2.45, 2.75) is 44.9 Å². The zero-order valence-electron chi connectivity index (χ0n) is 15.3. The first-order valence-corrected chi connectivity index (χ1v) is 9.28. The third-order valence-corrected chi connectivity index (χ3v) is 5.98. The highest BCUT2D eigenvalue weighted by molar-refractivity contribution is 5.99. The van der Waals surface area contributed by atoms with Crippen LogP contribution in [-0.4, -0.2) is 15.3 Å². The van der Waals surface area contributed by atoms with Gasteiger partial charge in [0.05, 0.1) is 5.92 Å². The van der Waals surface area contributed by atoms with E-state index in [9.17, 15) is 4.79 Å².